The number of nitrogens with zero attached hydrogens (tertiary/aromatic N) is 3. The molecule has 2 heterocycles. The van der Waals surface area contributed by atoms with Crippen molar-refractivity contribution in [3.8, 4) is 5.75 Å². The zero-order valence-corrected chi connectivity index (χ0v) is 17.5. The summed E-state index contributed by atoms with van der Waals surface area (Å²) >= 11 is -2.54. The van der Waals surface area contributed by atoms with E-state index in [1.165, 1.54) is 35.1 Å². The number of hydrogen-bond donors (Lipinski definition) is 1. The van der Waals surface area contributed by atoms with Gasteiger partial charge in [0.1, 0.15) is 11.4 Å². The zero-order chi connectivity index (χ0) is 23.5. The molecule has 1 fully saturated rings. The molecule has 13 heteroatoms. The van der Waals surface area contributed by atoms with Gasteiger partial charge in [-0.15, -0.1) is 0 Å². The third kappa shape index (κ3) is 5.16. The van der Waals surface area contributed by atoms with Crippen molar-refractivity contribution >= 4 is 28.8 Å². The number of alkyl halides is 3. The van der Waals surface area contributed by atoms with Gasteiger partial charge in [-0.2, -0.15) is 13.2 Å². The molecule has 3 rings (SSSR count). The van der Waals surface area contributed by atoms with Crippen LogP contribution in [0.2, 0.25) is 0 Å². The Morgan fingerprint density at radius 3 is 2.31 bits per heavy atom. The summed E-state index contributed by atoms with van der Waals surface area (Å²) < 4.78 is 68.4. The first-order valence-electron chi connectivity index (χ1n) is 9.26. The number of methoxy groups -OCH3 is 1. The van der Waals surface area contributed by atoms with E-state index in [0.29, 0.717) is 0 Å². The van der Waals surface area contributed by atoms with E-state index in [0.717, 1.165) is 18.3 Å². The van der Waals surface area contributed by atoms with Crippen molar-refractivity contribution in [3.05, 3.63) is 53.3 Å². The fourth-order valence-corrected chi connectivity index (χ4v) is 3.58. The molecule has 0 radical (unpaired) electrons. The summed E-state index contributed by atoms with van der Waals surface area (Å²) in [6, 6.07) is 6.05. The molecule has 1 unspecified atom stereocenters. The van der Waals surface area contributed by atoms with Gasteiger partial charge in [0.15, 0.2) is 0 Å². The number of halogens is 3. The molecule has 1 aliphatic rings. The Morgan fingerprint density at radius 1 is 1.12 bits per heavy atom. The van der Waals surface area contributed by atoms with Crippen molar-refractivity contribution in [1.29, 1.82) is 0 Å². The molecule has 172 valence electrons. The summed E-state index contributed by atoms with van der Waals surface area (Å²) in [7, 11) is 1.33. The number of pyridine rings is 1. The normalized spacial score (nSPS) is 15.3. The maximum Gasteiger partial charge on any atom is 0.418 e. The lowest BCUT2D eigenvalue weighted by Crippen LogP contribution is -2.51. The molecule has 2 amide bonds. The lowest BCUT2D eigenvalue weighted by Gasteiger charge is -2.35. The summed E-state index contributed by atoms with van der Waals surface area (Å²) in [6.45, 7) is 0.226. The lowest BCUT2D eigenvalue weighted by atomic mass is 10.1. The molecule has 1 saturated heterocycles. The van der Waals surface area contributed by atoms with Crippen LogP contribution in [0.1, 0.15) is 26.4 Å². The average Bonchev–Trinajstić information content (AvgIpc) is 2.77. The summed E-state index contributed by atoms with van der Waals surface area (Å²) in [5.41, 5.74) is -1.40. The number of piperazine rings is 1. The van der Waals surface area contributed by atoms with Gasteiger partial charge in [-0.25, -0.2) is 0 Å². The van der Waals surface area contributed by atoms with Crippen LogP contribution in [0.4, 0.5) is 18.9 Å². The molecule has 32 heavy (non-hydrogen) atoms. The minimum Gasteiger partial charge on any atom is -0.755 e. The van der Waals surface area contributed by atoms with Crippen LogP contribution in [0.25, 0.3) is 0 Å². The second-order valence-corrected chi connectivity index (χ2v) is 7.41. The number of nitrogens with one attached hydrogen (secondary N) is 1. The first-order chi connectivity index (χ1) is 15.1. The van der Waals surface area contributed by atoms with Gasteiger partial charge in [0, 0.05) is 55.4 Å². The van der Waals surface area contributed by atoms with Gasteiger partial charge in [-0.05, 0) is 24.3 Å². The number of ether oxygens (including phenoxy) is 1. The van der Waals surface area contributed by atoms with E-state index in [2.05, 4.69) is 9.71 Å². The topological polar surface area (TPSA) is 115 Å². The monoisotopic (exact) mass is 471 g/mol. The SMILES string of the molecule is COc1cc(NS(=O)[O-])ccc1C(=O)N1CCN(C(=O)c2ncccc2C(F)(F)F)CC1. The van der Waals surface area contributed by atoms with Crippen molar-refractivity contribution in [3.63, 3.8) is 0 Å². The third-order valence-electron chi connectivity index (χ3n) is 4.80. The van der Waals surface area contributed by atoms with Crippen molar-refractivity contribution < 1.29 is 36.3 Å². The van der Waals surface area contributed by atoms with Gasteiger partial charge >= 0.3 is 6.18 Å². The van der Waals surface area contributed by atoms with Crippen LogP contribution < -0.4 is 9.46 Å². The number of carbonyl (C=O) groups is 2. The predicted molar refractivity (Wildman–Crippen MR) is 107 cm³/mol. The van der Waals surface area contributed by atoms with Crippen LogP contribution in [-0.4, -0.2) is 68.6 Å². The van der Waals surface area contributed by atoms with Crippen LogP contribution >= 0.6 is 0 Å². The van der Waals surface area contributed by atoms with E-state index in [1.54, 1.807) is 0 Å². The molecule has 1 aliphatic heterocycles. The Bertz CT molecular complexity index is 1040. The van der Waals surface area contributed by atoms with Gasteiger partial charge < -0.3 is 23.8 Å². The Morgan fingerprint density at radius 2 is 1.75 bits per heavy atom. The van der Waals surface area contributed by atoms with E-state index < -0.39 is 40.5 Å². The molecule has 1 aromatic carbocycles. The third-order valence-corrected chi connectivity index (χ3v) is 5.21. The second kappa shape index (κ2) is 9.53. The molecular weight excluding hydrogens is 453 g/mol. The number of aromatic nitrogens is 1. The maximum atomic E-state index is 13.2. The highest BCUT2D eigenvalue weighted by Crippen LogP contribution is 2.31. The quantitative estimate of drug-likeness (QED) is 0.667. The fourth-order valence-electron chi connectivity index (χ4n) is 3.26. The Balaban J connectivity index is 1.71. The molecule has 0 aliphatic carbocycles. The summed E-state index contributed by atoms with van der Waals surface area (Å²) in [5.74, 6) is -1.13. The molecule has 1 atom stereocenters. The van der Waals surface area contributed by atoms with Crippen LogP contribution in [-0.2, 0) is 17.4 Å². The van der Waals surface area contributed by atoms with E-state index >= 15 is 0 Å². The second-order valence-electron chi connectivity index (χ2n) is 6.73. The van der Waals surface area contributed by atoms with Gasteiger partial charge in [0.25, 0.3) is 11.8 Å². The molecule has 1 aromatic heterocycles. The van der Waals surface area contributed by atoms with Crippen molar-refractivity contribution in [2.24, 2.45) is 0 Å². The number of rotatable bonds is 5. The fraction of sp³-hybridized carbons (Fsp3) is 0.316. The van der Waals surface area contributed by atoms with Gasteiger partial charge in [0.2, 0.25) is 0 Å². The first kappa shape index (κ1) is 23.5. The lowest BCUT2D eigenvalue weighted by molar-refractivity contribution is -0.138. The maximum absolute atomic E-state index is 13.2. The van der Waals surface area contributed by atoms with E-state index in [1.807, 2.05) is 0 Å². The number of hydrogen-bond acceptors (Lipinski definition) is 6. The highest BCUT2D eigenvalue weighted by Gasteiger charge is 2.37. The van der Waals surface area contributed by atoms with Gasteiger partial charge in [-0.3, -0.25) is 18.8 Å². The minimum absolute atomic E-state index is 0.0234. The number of carbonyl (C=O) groups excluding carboxylic acids is 2. The van der Waals surface area contributed by atoms with Crippen molar-refractivity contribution in [2.75, 3.05) is 38.0 Å². The smallest absolute Gasteiger partial charge is 0.418 e. The molecule has 9 nitrogen and oxygen atoms in total. The Kier molecular flexibility index (Phi) is 6.99. The highest BCUT2D eigenvalue weighted by atomic mass is 32.2. The van der Waals surface area contributed by atoms with Crippen LogP contribution in [0.3, 0.4) is 0 Å². The van der Waals surface area contributed by atoms with E-state index in [4.69, 9.17) is 4.74 Å². The van der Waals surface area contributed by atoms with Crippen molar-refractivity contribution in [2.45, 2.75) is 6.18 Å². The molecule has 0 spiro atoms. The van der Waals surface area contributed by atoms with Crippen LogP contribution in [0, 0.1) is 0 Å². The standard InChI is InChI=1S/C19H19F3N4O5S/c1-31-15-11-12(24-32(29)30)4-5-13(15)17(27)25-7-9-26(10-8-25)18(28)16-14(19(20,21)22)3-2-6-23-16/h2-6,11,24H,7-10H2,1H3,(H,29,30)/p-1. The highest BCUT2D eigenvalue weighted by molar-refractivity contribution is 7.80. The molecule has 1 N–H and O–H groups in total. The average molecular weight is 471 g/mol. The predicted octanol–water partition coefficient (Wildman–Crippen LogP) is 1.91. The molecule has 0 saturated carbocycles. The molecule has 2 aromatic rings. The Labute approximate surface area is 183 Å². The largest absolute Gasteiger partial charge is 0.755 e. The van der Waals surface area contributed by atoms with Crippen molar-refractivity contribution in [1.82, 2.24) is 14.8 Å². The van der Waals surface area contributed by atoms with Crippen LogP contribution in [0.15, 0.2) is 36.5 Å². The summed E-state index contributed by atoms with van der Waals surface area (Å²) in [5, 5.41) is 0. The molecular formula is C19H18F3N4O5S-. The number of benzene rings is 1. The van der Waals surface area contributed by atoms with Gasteiger partial charge in [0.05, 0.1) is 18.2 Å². The van der Waals surface area contributed by atoms with Gasteiger partial charge in [-0.1, -0.05) is 0 Å². The first-order valence-corrected chi connectivity index (χ1v) is 10.3. The zero-order valence-electron chi connectivity index (χ0n) is 16.7. The summed E-state index contributed by atoms with van der Waals surface area (Å²) in [6.07, 6.45) is -3.59. The number of anilines is 1. The minimum atomic E-state index is -4.71. The Hall–Kier alpha value is -3.19. The van der Waals surface area contributed by atoms with E-state index in [-0.39, 0.29) is 43.2 Å². The summed E-state index contributed by atoms with van der Waals surface area (Å²) in [4.78, 5) is 31.8. The van der Waals surface area contributed by atoms with Crippen LogP contribution in [0.5, 0.6) is 5.75 Å². The molecule has 0 bridgehead atoms. The van der Waals surface area contributed by atoms with E-state index in [9.17, 15) is 31.5 Å². The number of amides is 2.